The van der Waals surface area contributed by atoms with E-state index in [1.54, 1.807) is 43.4 Å². The molecule has 2 aromatic rings. The third-order valence-corrected chi connectivity index (χ3v) is 7.09. The molecule has 1 heterocycles. The van der Waals surface area contributed by atoms with Crippen molar-refractivity contribution < 1.29 is 24.2 Å². The molecule has 6 nitrogen and oxygen atoms in total. The van der Waals surface area contributed by atoms with E-state index in [0.717, 1.165) is 19.3 Å². The molecule has 0 bridgehead atoms. The summed E-state index contributed by atoms with van der Waals surface area (Å²) in [6.45, 7) is 2.68. The predicted octanol–water partition coefficient (Wildman–Crippen LogP) is 7.05. The van der Waals surface area contributed by atoms with Crippen molar-refractivity contribution in [2.45, 2.75) is 77.2 Å². The van der Waals surface area contributed by atoms with E-state index in [4.69, 9.17) is 9.47 Å². The Morgan fingerprint density at radius 1 is 0.811 bits per heavy atom. The standard InChI is InChI=1S/C31H41NO5/c1-4-5-6-7-8-9-10-11-12-15-22-32-28(25-16-13-14-17-26(25)37-3)27(30(34)31(32)35)29(33)23-18-20-24(36-2)21-19-23/h13-14,16-21,28,33H,4-12,15,22H2,1-3H3/t28-/m0/s1. The molecule has 6 heteroatoms. The van der Waals surface area contributed by atoms with Gasteiger partial charge in [0.05, 0.1) is 25.8 Å². The average Bonchev–Trinajstić information content (AvgIpc) is 3.18. The molecule has 1 aliphatic rings. The molecule has 0 radical (unpaired) electrons. The molecule has 3 rings (SSSR count). The molecule has 1 fully saturated rings. The number of Topliss-reactive ketones (excluding diaryl/α,β-unsaturated/α-hetero) is 1. The van der Waals surface area contributed by atoms with Gasteiger partial charge in [-0.2, -0.15) is 0 Å². The van der Waals surface area contributed by atoms with Gasteiger partial charge in [-0.25, -0.2) is 0 Å². The first kappa shape index (κ1) is 28.3. The Hall–Kier alpha value is -3.28. The lowest BCUT2D eigenvalue weighted by molar-refractivity contribution is -0.139. The molecule has 0 unspecified atom stereocenters. The highest BCUT2D eigenvalue weighted by atomic mass is 16.5. The molecule has 2 aromatic carbocycles. The monoisotopic (exact) mass is 507 g/mol. The zero-order valence-corrected chi connectivity index (χ0v) is 22.5. The molecular formula is C31H41NO5. The summed E-state index contributed by atoms with van der Waals surface area (Å²) in [5.41, 5.74) is 1.23. The number of hydrogen-bond donors (Lipinski definition) is 1. The minimum absolute atomic E-state index is 0.0896. The second-order valence-electron chi connectivity index (χ2n) is 9.64. The third-order valence-electron chi connectivity index (χ3n) is 7.09. The number of likely N-dealkylation sites (tertiary alicyclic amines) is 1. The Morgan fingerprint density at radius 3 is 2.00 bits per heavy atom. The molecule has 1 aliphatic heterocycles. The lowest BCUT2D eigenvalue weighted by Gasteiger charge is -2.26. The van der Waals surface area contributed by atoms with Crippen LogP contribution < -0.4 is 9.47 Å². The number of unbranched alkanes of at least 4 members (excludes halogenated alkanes) is 9. The van der Waals surface area contributed by atoms with Crippen LogP contribution in [0.5, 0.6) is 11.5 Å². The second-order valence-corrected chi connectivity index (χ2v) is 9.64. The maximum Gasteiger partial charge on any atom is 0.295 e. The summed E-state index contributed by atoms with van der Waals surface area (Å²) in [5.74, 6) is -0.233. The van der Waals surface area contributed by atoms with Gasteiger partial charge in [0.25, 0.3) is 11.7 Å². The summed E-state index contributed by atoms with van der Waals surface area (Å²) in [6.07, 6.45) is 11.9. The van der Waals surface area contributed by atoms with E-state index in [1.165, 1.54) is 44.9 Å². The number of methoxy groups -OCH3 is 2. The van der Waals surface area contributed by atoms with Gasteiger partial charge < -0.3 is 19.5 Å². The number of ketones is 1. The van der Waals surface area contributed by atoms with Gasteiger partial charge in [-0.15, -0.1) is 0 Å². The number of benzene rings is 2. The Balaban J connectivity index is 1.77. The lowest BCUT2D eigenvalue weighted by atomic mass is 9.94. The van der Waals surface area contributed by atoms with Crippen LogP contribution in [-0.4, -0.2) is 42.5 Å². The quantitative estimate of drug-likeness (QED) is 0.121. The summed E-state index contributed by atoms with van der Waals surface area (Å²) >= 11 is 0. The van der Waals surface area contributed by atoms with Crippen LogP contribution in [0, 0.1) is 0 Å². The third kappa shape index (κ3) is 7.15. The Bertz CT molecular complexity index is 1060. The minimum Gasteiger partial charge on any atom is -0.507 e. The van der Waals surface area contributed by atoms with E-state index in [0.29, 0.717) is 29.2 Å². The van der Waals surface area contributed by atoms with Crippen molar-refractivity contribution in [3.05, 3.63) is 65.2 Å². The molecule has 0 spiro atoms. The normalized spacial score (nSPS) is 16.8. The molecule has 1 N–H and O–H groups in total. The molecular weight excluding hydrogens is 466 g/mol. The van der Waals surface area contributed by atoms with Crippen molar-refractivity contribution in [2.24, 2.45) is 0 Å². The van der Waals surface area contributed by atoms with Crippen molar-refractivity contribution in [1.29, 1.82) is 0 Å². The molecule has 1 atom stereocenters. The number of nitrogens with zero attached hydrogens (tertiary/aromatic N) is 1. The van der Waals surface area contributed by atoms with Crippen LogP contribution in [0.2, 0.25) is 0 Å². The number of hydrogen-bond acceptors (Lipinski definition) is 5. The van der Waals surface area contributed by atoms with Crippen molar-refractivity contribution >= 4 is 17.4 Å². The smallest absolute Gasteiger partial charge is 0.295 e. The molecule has 37 heavy (non-hydrogen) atoms. The van der Waals surface area contributed by atoms with Crippen LogP contribution in [0.1, 0.15) is 88.3 Å². The number of ether oxygens (including phenoxy) is 2. The fraction of sp³-hybridized carbons (Fsp3) is 0.484. The van der Waals surface area contributed by atoms with E-state index < -0.39 is 17.7 Å². The van der Waals surface area contributed by atoms with Crippen LogP contribution in [0.25, 0.3) is 5.76 Å². The topological polar surface area (TPSA) is 76.1 Å². The van der Waals surface area contributed by atoms with E-state index in [-0.39, 0.29) is 11.3 Å². The number of para-hydroxylation sites is 1. The van der Waals surface area contributed by atoms with Gasteiger partial charge >= 0.3 is 0 Å². The molecule has 0 saturated carbocycles. The Morgan fingerprint density at radius 2 is 1.41 bits per heavy atom. The zero-order valence-electron chi connectivity index (χ0n) is 22.5. The van der Waals surface area contributed by atoms with Crippen LogP contribution in [-0.2, 0) is 9.59 Å². The van der Waals surface area contributed by atoms with Gasteiger partial charge in [-0.1, -0.05) is 82.9 Å². The maximum absolute atomic E-state index is 13.2. The van der Waals surface area contributed by atoms with Crippen LogP contribution in [0.3, 0.4) is 0 Å². The van der Waals surface area contributed by atoms with E-state index >= 15 is 0 Å². The summed E-state index contributed by atoms with van der Waals surface area (Å²) in [4.78, 5) is 28.0. The fourth-order valence-electron chi connectivity index (χ4n) is 5.00. The number of carbonyl (C=O) groups is 2. The van der Waals surface area contributed by atoms with Crippen molar-refractivity contribution in [2.75, 3.05) is 20.8 Å². The number of carbonyl (C=O) groups excluding carboxylic acids is 2. The van der Waals surface area contributed by atoms with Crippen LogP contribution in [0.4, 0.5) is 0 Å². The number of rotatable bonds is 15. The van der Waals surface area contributed by atoms with E-state index in [9.17, 15) is 14.7 Å². The largest absolute Gasteiger partial charge is 0.507 e. The summed E-state index contributed by atoms with van der Waals surface area (Å²) in [5, 5.41) is 11.2. The predicted molar refractivity (Wildman–Crippen MR) is 147 cm³/mol. The second kappa shape index (κ2) is 14.5. The highest BCUT2D eigenvalue weighted by molar-refractivity contribution is 6.46. The summed E-state index contributed by atoms with van der Waals surface area (Å²) in [6, 6.07) is 13.4. The first-order valence-corrected chi connectivity index (χ1v) is 13.6. The van der Waals surface area contributed by atoms with Crippen molar-refractivity contribution in [3.63, 3.8) is 0 Å². The summed E-state index contributed by atoms with van der Waals surface area (Å²) in [7, 11) is 3.13. The minimum atomic E-state index is -0.711. The number of aliphatic hydroxyl groups excluding tert-OH is 1. The Kier molecular flexibility index (Phi) is 11.1. The van der Waals surface area contributed by atoms with E-state index in [2.05, 4.69) is 6.92 Å². The van der Waals surface area contributed by atoms with Gasteiger partial charge in [0, 0.05) is 17.7 Å². The first-order chi connectivity index (χ1) is 18.0. The Labute approximate surface area is 221 Å². The molecule has 0 aliphatic carbocycles. The van der Waals surface area contributed by atoms with Gasteiger partial charge in [0.2, 0.25) is 0 Å². The lowest BCUT2D eigenvalue weighted by Crippen LogP contribution is -2.30. The van der Waals surface area contributed by atoms with Crippen LogP contribution >= 0.6 is 0 Å². The SMILES string of the molecule is CCCCCCCCCCCCN1C(=O)C(=O)C(=C(O)c2ccc(OC)cc2)[C@@H]1c1ccccc1OC. The molecule has 1 saturated heterocycles. The zero-order chi connectivity index (χ0) is 26.6. The fourth-order valence-corrected chi connectivity index (χ4v) is 5.00. The first-order valence-electron chi connectivity index (χ1n) is 13.6. The molecule has 1 amide bonds. The van der Waals surface area contributed by atoms with Crippen molar-refractivity contribution in [3.8, 4) is 11.5 Å². The highest BCUT2D eigenvalue weighted by Gasteiger charge is 2.46. The van der Waals surface area contributed by atoms with Gasteiger partial charge in [-0.3, -0.25) is 9.59 Å². The van der Waals surface area contributed by atoms with Gasteiger partial charge in [-0.05, 0) is 36.8 Å². The molecule has 200 valence electrons. The van der Waals surface area contributed by atoms with Gasteiger partial charge in [0.1, 0.15) is 17.3 Å². The average molecular weight is 508 g/mol. The highest BCUT2D eigenvalue weighted by Crippen LogP contribution is 2.42. The maximum atomic E-state index is 13.2. The van der Waals surface area contributed by atoms with Gasteiger partial charge in [0.15, 0.2) is 0 Å². The number of aliphatic hydroxyl groups is 1. The molecule has 0 aromatic heterocycles. The van der Waals surface area contributed by atoms with Crippen molar-refractivity contribution in [1.82, 2.24) is 4.90 Å². The number of amides is 1. The van der Waals surface area contributed by atoms with E-state index in [1.807, 2.05) is 24.3 Å². The summed E-state index contributed by atoms with van der Waals surface area (Å²) < 4.78 is 10.8. The van der Waals surface area contributed by atoms with Crippen LogP contribution in [0.15, 0.2) is 54.1 Å².